The number of nitrogens with zero attached hydrogens (tertiary/aromatic N) is 1. The summed E-state index contributed by atoms with van der Waals surface area (Å²) >= 11 is 0. The van der Waals surface area contributed by atoms with E-state index in [2.05, 4.69) is 122 Å². The van der Waals surface area contributed by atoms with E-state index in [-0.39, 0.29) is 0 Å². The van der Waals surface area contributed by atoms with Crippen molar-refractivity contribution in [3.8, 4) is 28.0 Å². The maximum absolute atomic E-state index is 9.77. The largest absolute Gasteiger partial charge is 0.461 e. The van der Waals surface area contributed by atoms with E-state index in [0.717, 1.165) is 17.1 Å². The summed E-state index contributed by atoms with van der Waals surface area (Å²) in [6.07, 6.45) is 0.311. The summed E-state index contributed by atoms with van der Waals surface area (Å²) in [5.74, 6) is 0.575. The maximum atomic E-state index is 9.77. The molecule has 5 aromatic rings. The van der Waals surface area contributed by atoms with Gasteiger partial charge >= 0.3 is 0 Å². The van der Waals surface area contributed by atoms with Gasteiger partial charge in [-0.05, 0) is 90.7 Å². The highest BCUT2D eigenvalue weighted by Gasteiger charge is 2.14. The second kappa shape index (κ2) is 11.2. The van der Waals surface area contributed by atoms with Crippen LogP contribution in [0.1, 0.15) is 11.1 Å². The van der Waals surface area contributed by atoms with E-state index in [9.17, 15) is 5.11 Å². The van der Waals surface area contributed by atoms with Gasteiger partial charge in [-0.25, -0.2) is 0 Å². The topological polar surface area (TPSA) is 32.7 Å². The van der Waals surface area contributed by atoms with Crippen molar-refractivity contribution in [3.63, 3.8) is 0 Å². The zero-order valence-electron chi connectivity index (χ0n) is 21.7. The fraction of sp³-hybridized carbons (Fsp3) is 0.0857. The van der Waals surface area contributed by atoms with Crippen LogP contribution in [0.2, 0.25) is 0 Å². The van der Waals surface area contributed by atoms with Crippen LogP contribution in [-0.4, -0.2) is 11.4 Å². The van der Waals surface area contributed by atoms with Crippen molar-refractivity contribution in [2.24, 2.45) is 0 Å². The Morgan fingerprint density at radius 1 is 0.553 bits per heavy atom. The van der Waals surface area contributed by atoms with Crippen molar-refractivity contribution in [1.82, 2.24) is 0 Å². The van der Waals surface area contributed by atoms with Crippen LogP contribution in [0.15, 0.2) is 134 Å². The van der Waals surface area contributed by atoms with Gasteiger partial charge in [-0.3, -0.25) is 0 Å². The summed E-state index contributed by atoms with van der Waals surface area (Å²) in [5, 5.41) is 9.77. The summed E-state index contributed by atoms with van der Waals surface area (Å²) in [6, 6.07) is 42.1. The lowest BCUT2D eigenvalue weighted by Crippen LogP contribution is -2.12. The number of aliphatic hydroxyl groups excluding tert-OH is 1. The van der Waals surface area contributed by atoms with Crippen molar-refractivity contribution in [2.45, 2.75) is 20.1 Å². The van der Waals surface area contributed by atoms with Gasteiger partial charge in [0.2, 0.25) is 6.29 Å². The van der Waals surface area contributed by atoms with Crippen LogP contribution >= 0.6 is 0 Å². The predicted molar refractivity (Wildman–Crippen MR) is 158 cm³/mol. The first kappa shape index (κ1) is 25.1. The van der Waals surface area contributed by atoms with E-state index in [0.29, 0.717) is 5.75 Å². The van der Waals surface area contributed by atoms with Gasteiger partial charge in [0.05, 0.1) is 0 Å². The molecule has 0 aliphatic heterocycles. The summed E-state index contributed by atoms with van der Waals surface area (Å²) in [4.78, 5) is 2.21. The molecule has 0 fully saturated rings. The molecule has 0 aliphatic carbocycles. The molecule has 0 heterocycles. The van der Waals surface area contributed by atoms with Gasteiger partial charge in [0.1, 0.15) is 5.75 Å². The van der Waals surface area contributed by atoms with Crippen LogP contribution < -0.4 is 9.64 Å². The number of hydrogen-bond acceptors (Lipinski definition) is 3. The number of hydrogen-bond donors (Lipinski definition) is 1. The molecule has 0 bridgehead atoms. The average Bonchev–Trinajstić information content (AvgIpc) is 2.96. The fourth-order valence-corrected chi connectivity index (χ4v) is 4.41. The zero-order chi connectivity index (χ0) is 26.5. The zero-order valence-corrected chi connectivity index (χ0v) is 21.7. The van der Waals surface area contributed by atoms with E-state index < -0.39 is 6.29 Å². The number of aliphatic hydroxyl groups is 1. The lowest BCUT2D eigenvalue weighted by atomic mass is 10.0. The molecule has 1 atom stereocenters. The number of ether oxygens (including phenoxy) is 1. The molecule has 1 unspecified atom stereocenters. The lowest BCUT2D eigenvalue weighted by molar-refractivity contribution is 0.0251. The average molecular weight is 498 g/mol. The van der Waals surface area contributed by atoms with E-state index in [1.165, 1.54) is 39.5 Å². The first-order valence-corrected chi connectivity index (χ1v) is 12.7. The molecule has 1 N–H and O–H groups in total. The molecule has 5 rings (SSSR count). The predicted octanol–water partition coefficient (Wildman–Crippen LogP) is 8.99. The Labute approximate surface area is 224 Å². The van der Waals surface area contributed by atoms with Crippen molar-refractivity contribution in [1.29, 1.82) is 0 Å². The summed E-state index contributed by atoms with van der Waals surface area (Å²) in [6.45, 7) is 7.77. The Hall–Kier alpha value is -4.60. The fourth-order valence-electron chi connectivity index (χ4n) is 4.41. The van der Waals surface area contributed by atoms with Gasteiger partial charge in [-0.2, -0.15) is 0 Å². The molecule has 0 spiro atoms. The van der Waals surface area contributed by atoms with Gasteiger partial charge < -0.3 is 14.7 Å². The summed E-state index contributed by atoms with van der Waals surface area (Å²) in [5.41, 5.74) is 10.3. The second-order valence-corrected chi connectivity index (χ2v) is 9.40. The van der Waals surface area contributed by atoms with Crippen molar-refractivity contribution in [2.75, 3.05) is 4.90 Å². The molecule has 0 aliphatic rings. The molecule has 5 aromatic carbocycles. The lowest BCUT2D eigenvalue weighted by Gasteiger charge is -2.26. The van der Waals surface area contributed by atoms with Crippen LogP contribution in [0.4, 0.5) is 17.1 Å². The Bertz CT molecular complexity index is 1400. The summed E-state index contributed by atoms with van der Waals surface area (Å²) in [7, 11) is 0. The first-order chi connectivity index (χ1) is 18.5. The van der Waals surface area contributed by atoms with Crippen LogP contribution in [0.25, 0.3) is 22.3 Å². The third kappa shape index (κ3) is 5.69. The van der Waals surface area contributed by atoms with E-state index in [1.54, 1.807) is 0 Å². The highest BCUT2D eigenvalue weighted by molar-refractivity contribution is 5.80. The minimum Gasteiger partial charge on any atom is -0.461 e. The molecule has 0 radical (unpaired) electrons. The van der Waals surface area contributed by atoms with Crippen LogP contribution in [0.3, 0.4) is 0 Å². The molecule has 3 nitrogen and oxygen atoms in total. The maximum Gasteiger partial charge on any atom is 0.216 e. The van der Waals surface area contributed by atoms with Crippen LogP contribution in [0, 0.1) is 13.8 Å². The second-order valence-electron chi connectivity index (χ2n) is 9.40. The Morgan fingerprint density at radius 2 is 0.868 bits per heavy atom. The molecule has 0 amide bonds. The smallest absolute Gasteiger partial charge is 0.216 e. The van der Waals surface area contributed by atoms with Gasteiger partial charge in [-0.15, -0.1) is 0 Å². The number of anilines is 3. The highest BCUT2D eigenvalue weighted by atomic mass is 16.6. The van der Waals surface area contributed by atoms with Gasteiger partial charge in [0.25, 0.3) is 0 Å². The van der Waals surface area contributed by atoms with Crippen molar-refractivity contribution in [3.05, 3.63) is 145 Å². The Kier molecular flexibility index (Phi) is 7.39. The standard InChI is InChI=1S/C35H31NO2/c1-4-35(37)38-34-23-21-33(22-24-34)36(31-17-13-29(14-18-31)27-9-5-25(2)6-10-27)32-19-15-30(16-20-32)28-11-7-26(3)8-12-28/h4-24,35,37H,1H2,2-3H3. The van der Waals surface area contributed by atoms with Gasteiger partial charge in [0.15, 0.2) is 0 Å². The minimum atomic E-state index is -1.04. The van der Waals surface area contributed by atoms with Crippen molar-refractivity contribution >= 4 is 17.1 Å². The Balaban J connectivity index is 1.50. The molecule has 0 aromatic heterocycles. The molecule has 188 valence electrons. The quantitative estimate of drug-likeness (QED) is 0.171. The van der Waals surface area contributed by atoms with Crippen LogP contribution in [0.5, 0.6) is 5.75 Å². The molecule has 0 saturated carbocycles. The number of benzene rings is 5. The Morgan fingerprint density at radius 3 is 1.21 bits per heavy atom. The highest BCUT2D eigenvalue weighted by Crippen LogP contribution is 2.37. The number of aryl methyl sites for hydroxylation is 2. The third-order valence-electron chi connectivity index (χ3n) is 6.57. The van der Waals surface area contributed by atoms with Crippen LogP contribution in [-0.2, 0) is 0 Å². The van der Waals surface area contributed by atoms with E-state index in [1.807, 2.05) is 24.3 Å². The van der Waals surface area contributed by atoms with Crippen molar-refractivity contribution < 1.29 is 9.84 Å². The molecule has 3 heteroatoms. The molecular weight excluding hydrogens is 466 g/mol. The normalized spacial score (nSPS) is 11.6. The SMILES string of the molecule is C=CC(O)Oc1ccc(N(c2ccc(-c3ccc(C)cc3)cc2)c2ccc(-c3ccc(C)cc3)cc2)cc1. The monoisotopic (exact) mass is 497 g/mol. The van der Waals surface area contributed by atoms with E-state index in [4.69, 9.17) is 4.74 Å². The van der Waals surface area contributed by atoms with Gasteiger partial charge in [0, 0.05) is 17.1 Å². The molecule has 38 heavy (non-hydrogen) atoms. The van der Waals surface area contributed by atoms with Gasteiger partial charge in [-0.1, -0.05) is 90.5 Å². The summed E-state index contributed by atoms with van der Waals surface area (Å²) < 4.78 is 5.47. The third-order valence-corrected chi connectivity index (χ3v) is 6.57. The number of rotatable bonds is 8. The molecule has 0 saturated heterocycles. The first-order valence-electron chi connectivity index (χ1n) is 12.7. The molecular formula is C35H31NO2. The minimum absolute atomic E-state index is 0.575. The van der Waals surface area contributed by atoms with E-state index >= 15 is 0 Å².